The molecular formula is C19H22N2O4. The van der Waals surface area contributed by atoms with Gasteiger partial charge in [0.15, 0.2) is 6.10 Å². The molecule has 0 fully saturated rings. The normalized spacial score (nSPS) is 11.4. The smallest absolute Gasteiger partial charge is 0.338 e. The molecule has 25 heavy (non-hydrogen) atoms. The van der Waals surface area contributed by atoms with E-state index in [4.69, 9.17) is 9.47 Å². The minimum Gasteiger partial charge on any atom is -0.497 e. The molecule has 1 amide bonds. The fourth-order valence-electron chi connectivity index (χ4n) is 2.14. The Hall–Kier alpha value is -3.02. The third-order valence-corrected chi connectivity index (χ3v) is 3.59. The molecule has 1 N–H and O–H groups in total. The Bertz CT molecular complexity index is 759. The Kier molecular flexibility index (Phi) is 6.00. The van der Waals surface area contributed by atoms with Crippen molar-refractivity contribution in [3.8, 4) is 5.75 Å². The predicted molar refractivity (Wildman–Crippen MR) is 97.3 cm³/mol. The number of rotatable bonds is 6. The Morgan fingerprint density at radius 3 is 2.48 bits per heavy atom. The van der Waals surface area contributed by atoms with Crippen molar-refractivity contribution in [2.24, 2.45) is 0 Å². The van der Waals surface area contributed by atoms with Gasteiger partial charge < -0.3 is 19.7 Å². The van der Waals surface area contributed by atoms with Crippen molar-refractivity contribution in [3.63, 3.8) is 0 Å². The van der Waals surface area contributed by atoms with Gasteiger partial charge in [-0.3, -0.25) is 4.79 Å². The first-order valence-corrected chi connectivity index (χ1v) is 7.84. The van der Waals surface area contributed by atoms with Crippen LogP contribution >= 0.6 is 0 Å². The molecule has 0 aliphatic rings. The maximum Gasteiger partial charge on any atom is 0.338 e. The van der Waals surface area contributed by atoms with E-state index in [2.05, 4.69) is 5.32 Å². The topological polar surface area (TPSA) is 67.9 Å². The lowest BCUT2D eigenvalue weighted by molar-refractivity contribution is -0.123. The molecule has 0 heterocycles. The van der Waals surface area contributed by atoms with Crippen molar-refractivity contribution in [2.45, 2.75) is 13.0 Å². The van der Waals surface area contributed by atoms with Crippen molar-refractivity contribution in [3.05, 3.63) is 54.1 Å². The van der Waals surface area contributed by atoms with Crippen LogP contribution in [-0.2, 0) is 9.53 Å². The number of hydrogen-bond donors (Lipinski definition) is 1. The van der Waals surface area contributed by atoms with Crippen LogP contribution in [0.4, 0.5) is 11.4 Å². The van der Waals surface area contributed by atoms with Crippen LogP contribution in [0.1, 0.15) is 17.3 Å². The molecule has 6 heteroatoms. The van der Waals surface area contributed by atoms with Crippen molar-refractivity contribution in [1.29, 1.82) is 0 Å². The zero-order valence-electron chi connectivity index (χ0n) is 14.8. The van der Waals surface area contributed by atoms with Gasteiger partial charge >= 0.3 is 5.97 Å². The number of carbonyl (C=O) groups is 2. The molecule has 6 nitrogen and oxygen atoms in total. The van der Waals surface area contributed by atoms with E-state index in [0.717, 1.165) is 5.69 Å². The van der Waals surface area contributed by atoms with Gasteiger partial charge in [-0.15, -0.1) is 0 Å². The number of hydrogen-bond acceptors (Lipinski definition) is 5. The van der Waals surface area contributed by atoms with Gasteiger partial charge in [0.1, 0.15) is 5.75 Å². The summed E-state index contributed by atoms with van der Waals surface area (Å²) in [6.45, 7) is 1.53. The molecule has 0 aliphatic heterocycles. The van der Waals surface area contributed by atoms with Crippen LogP contribution < -0.4 is 15.0 Å². The van der Waals surface area contributed by atoms with Gasteiger partial charge in [-0.1, -0.05) is 12.1 Å². The van der Waals surface area contributed by atoms with E-state index in [0.29, 0.717) is 17.0 Å². The first-order valence-electron chi connectivity index (χ1n) is 7.84. The summed E-state index contributed by atoms with van der Waals surface area (Å²) in [5.74, 6) is -0.328. The summed E-state index contributed by atoms with van der Waals surface area (Å²) in [5.41, 5.74) is 1.84. The second-order valence-corrected chi connectivity index (χ2v) is 5.71. The highest BCUT2D eigenvalue weighted by atomic mass is 16.5. The van der Waals surface area contributed by atoms with Gasteiger partial charge in [-0.05, 0) is 37.3 Å². The van der Waals surface area contributed by atoms with Gasteiger partial charge in [0, 0.05) is 31.5 Å². The molecule has 0 saturated heterocycles. The molecule has 0 bridgehead atoms. The number of esters is 1. The molecule has 2 aromatic carbocycles. The van der Waals surface area contributed by atoms with Crippen LogP contribution in [0.3, 0.4) is 0 Å². The van der Waals surface area contributed by atoms with E-state index in [-0.39, 0.29) is 0 Å². The highest BCUT2D eigenvalue weighted by Gasteiger charge is 2.19. The second-order valence-electron chi connectivity index (χ2n) is 5.71. The van der Waals surface area contributed by atoms with Crippen LogP contribution in [0.5, 0.6) is 5.75 Å². The van der Waals surface area contributed by atoms with Gasteiger partial charge in [0.2, 0.25) is 0 Å². The number of methoxy groups -OCH3 is 1. The molecule has 132 valence electrons. The van der Waals surface area contributed by atoms with Crippen molar-refractivity contribution < 1.29 is 19.1 Å². The molecule has 0 saturated carbocycles. The predicted octanol–water partition coefficient (Wildman–Crippen LogP) is 2.95. The van der Waals surface area contributed by atoms with Gasteiger partial charge in [0.25, 0.3) is 5.91 Å². The number of anilines is 2. The molecule has 1 atom stereocenters. The minimum absolute atomic E-state index is 0.396. The molecular weight excluding hydrogens is 320 g/mol. The summed E-state index contributed by atoms with van der Waals surface area (Å²) in [4.78, 5) is 26.3. The van der Waals surface area contributed by atoms with E-state index < -0.39 is 18.0 Å². The monoisotopic (exact) mass is 342 g/mol. The number of amides is 1. The van der Waals surface area contributed by atoms with E-state index in [9.17, 15) is 9.59 Å². The summed E-state index contributed by atoms with van der Waals surface area (Å²) in [6, 6.07) is 14.0. The van der Waals surface area contributed by atoms with E-state index in [1.54, 1.807) is 49.6 Å². The van der Waals surface area contributed by atoms with Crippen LogP contribution in [0.25, 0.3) is 0 Å². The number of nitrogens with zero attached hydrogens (tertiary/aromatic N) is 1. The van der Waals surface area contributed by atoms with E-state index in [1.165, 1.54) is 6.92 Å². The SMILES string of the molecule is COc1cccc(NC(=O)[C@@H](C)OC(=O)c2cccc(N(C)C)c2)c1. The van der Waals surface area contributed by atoms with Gasteiger partial charge in [-0.2, -0.15) is 0 Å². The Labute approximate surface area is 147 Å². The lowest BCUT2D eigenvalue weighted by atomic mass is 10.2. The third-order valence-electron chi connectivity index (χ3n) is 3.59. The Morgan fingerprint density at radius 2 is 1.80 bits per heavy atom. The number of carbonyl (C=O) groups excluding carboxylic acids is 2. The molecule has 0 aliphatic carbocycles. The fraction of sp³-hybridized carbons (Fsp3) is 0.263. The molecule has 0 radical (unpaired) electrons. The van der Waals surface area contributed by atoms with Gasteiger partial charge in [-0.25, -0.2) is 4.79 Å². The highest BCUT2D eigenvalue weighted by molar-refractivity contribution is 5.97. The number of ether oxygens (including phenoxy) is 2. The maximum atomic E-state index is 12.2. The average molecular weight is 342 g/mol. The van der Waals surface area contributed by atoms with Crippen LogP contribution in [0.2, 0.25) is 0 Å². The third kappa shape index (κ3) is 4.97. The summed E-state index contributed by atoms with van der Waals surface area (Å²) in [5, 5.41) is 2.70. The van der Waals surface area contributed by atoms with Crippen LogP contribution in [0, 0.1) is 0 Å². The lowest BCUT2D eigenvalue weighted by Gasteiger charge is -2.16. The van der Waals surface area contributed by atoms with Crippen LogP contribution in [-0.4, -0.2) is 39.2 Å². The summed E-state index contributed by atoms with van der Waals surface area (Å²) < 4.78 is 10.4. The average Bonchev–Trinajstić information content (AvgIpc) is 2.61. The first kappa shape index (κ1) is 18.3. The molecule has 0 spiro atoms. The zero-order chi connectivity index (χ0) is 18.4. The zero-order valence-corrected chi connectivity index (χ0v) is 14.8. The Balaban J connectivity index is 2.00. The molecule has 0 unspecified atom stereocenters. The molecule has 2 rings (SSSR count). The quantitative estimate of drug-likeness (QED) is 0.818. The highest BCUT2D eigenvalue weighted by Crippen LogP contribution is 2.18. The summed E-state index contributed by atoms with van der Waals surface area (Å²) >= 11 is 0. The van der Waals surface area contributed by atoms with Crippen LogP contribution in [0.15, 0.2) is 48.5 Å². The summed E-state index contributed by atoms with van der Waals surface area (Å²) in [7, 11) is 5.32. The van der Waals surface area contributed by atoms with Crippen molar-refractivity contribution in [1.82, 2.24) is 0 Å². The maximum absolute atomic E-state index is 12.2. The van der Waals surface area contributed by atoms with Crippen molar-refractivity contribution in [2.75, 3.05) is 31.4 Å². The largest absolute Gasteiger partial charge is 0.497 e. The number of benzene rings is 2. The number of nitrogens with one attached hydrogen (secondary N) is 1. The van der Waals surface area contributed by atoms with E-state index in [1.807, 2.05) is 25.1 Å². The standard InChI is InChI=1S/C19H22N2O4/c1-13(18(22)20-15-8-6-10-17(12-15)24-4)25-19(23)14-7-5-9-16(11-14)21(2)3/h5-13H,1-4H3,(H,20,22)/t13-/m1/s1. The second kappa shape index (κ2) is 8.19. The van der Waals surface area contributed by atoms with E-state index >= 15 is 0 Å². The molecule has 0 aromatic heterocycles. The minimum atomic E-state index is -0.929. The molecule has 2 aromatic rings. The lowest BCUT2D eigenvalue weighted by Crippen LogP contribution is -2.30. The fourth-order valence-corrected chi connectivity index (χ4v) is 2.14. The first-order chi connectivity index (χ1) is 11.9. The summed E-state index contributed by atoms with van der Waals surface area (Å²) in [6.07, 6.45) is -0.929. The Morgan fingerprint density at radius 1 is 1.08 bits per heavy atom. The van der Waals surface area contributed by atoms with Gasteiger partial charge in [0.05, 0.1) is 12.7 Å². The van der Waals surface area contributed by atoms with Crippen molar-refractivity contribution >= 4 is 23.3 Å².